The second-order valence-electron chi connectivity index (χ2n) is 6.69. The minimum absolute atomic E-state index is 0. The van der Waals surface area contributed by atoms with Crippen LogP contribution in [0.25, 0.3) is 4.96 Å². The van der Waals surface area contributed by atoms with Crippen LogP contribution in [0.1, 0.15) is 29.5 Å². The third kappa shape index (κ3) is 2.62. The molecule has 0 spiro atoms. The molecule has 7 nitrogen and oxygen atoms in total. The molecule has 0 aromatic carbocycles. The maximum atomic E-state index is 12.3. The molecule has 1 saturated carbocycles. The van der Waals surface area contributed by atoms with Gasteiger partial charge in [-0.25, -0.2) is 4.98 Å². The number of halogens is 1. The predicted molar refractivity (Wildman–Crippen MR) is 89.6 cm³/mol. The number of ether oxygens (including phenoxy) is 1. The number of cyclic esters (lactones) is 1. The molecule has 2 aromatic heterocycles. The lowest BCUT2D eigenvalue weighted by Gasteiger charge is -2.15. The van der Waals surface area contributed by atoms with Crippen molar-refractivity contribution in [2.24, 2.45) is 11.8 Å². The summed E-state index contributed by atoms with van der Waals surface area (Å²) in [7, 11) is 0. The van der Waals surface area contributed by atoms with E-state index in [4.69, 9.17) is 4.74 Å². The molecule has 1 aliphatic carbocycles. The number of esters is 1. The van der Waals surface area contributed by atoms with Gasteiger partial charge in [-0.15, -0.1) is 12.4 Å². The Balaban J connectivity index is 0.00000146. The average Bonchev–Trinajstić information content (AvgIpc) is 3.01. The molecule has 0 bridgehead atoms. The van der Waals surface area contributed by atoms with Crippen molar-refractivity contribution >= 4 is 34.7 Å². The number of aromatic nitrogens is 3. The third-order valence-electron chi connectivity index (χ3n) is 4.88. The van der Waals surface area contributed by atoms with E-state index in [1.54, 1.807) is 6.07 Å². The van der Waals surface area contributed by atoms with Crippen molar-refractivity contribution in [2.45, 2.75) is 25.3 Å². The minimum Gasteiger partial charge on any atom is -0.465 e. The van der Waals surface area contributed by atoms with Gasteiger partial charge in [0.25, 0.3) is 5.56 Å². The summed E-state index contributed by atoms with van der Waals surface area (Å²) in [4.78, 5) is 31.4. The monoisotopic (exact) mass is 368 g/mol. The van der Waals surface area contributed by atoms with Gasteiger partial charge in [-0.1, -0.05) is 11.3 Å². The first-order valence-corrected chi connectivity index (χ1v) is 8.78. The highest BCUT2D eigenvalue weighted by atomic mass is 35.5. The summed E-state index contributed by atoms with van der Waals surface area (Å²) in [5.74, 6) is 0.716. The molecule has 0 unspecified atom stereocenters. The minimum atomic E-state index is -0.119. The van der Waals surface area contributed by atoms with Crippen LogP contribution in [0.15, 0.2) is 10.9 Å². The van der Waals surface area contributed by atoms with Crippen LogP contribution < -0.4 is 5.56 Å². The summed E-state index contributed by atoms with van der Waals surface area (Å²) in [6.45, 7) is 2.64. The Hall–Kier alpha value is -1.51. The van der Waals surface area contributed by atoms with Gasteiger partial charge in [0.15, 0.2) is 0 Å². The molecule has 9 heteroatoms. The molecule has 0 N–H and O–H groups in total. The van der Waals surface area contributed by atoms with Crippen molar-refractivity contribution in [3.63, 3.8) is 0 Å². The summed E-state index contributed by atoms with van der Waals surface area (Å²) in [5.41, 5.74) is 0.640. The number of carbonyl (C=O) groups is 1. The average molecular weight is 369 g/mol. The van der Waals surface area contributed by atoms with Gasteiger partial charge >= 0.3 is 5.97 Å². The maximum absolute atomic E-state index is 12.3. The van der Waals surface area contributed by atoms with Gasteiger partial charge in [-0.3, -0.25) is 14.5 Å². The standard InChI is InChI=1S/C15H16N4O3S.ClH/c20-12-3-10(5-18-4-9-7-22-14(21)11(9)6-18)16-15-19(12)17-13(23-15)8-1-2-8;/h3,8-9,11H,1-2,4-7H2;1H/t9-,11-;/m1./s1. The van der Waals surface area contributed by atoms with Crippen LogP contribution in [0.3, 0.4) is 0 Å². The molecule has 24 heavy (non-hydrogen) atoms. The van der Waals surface area contributed by atoms with Gasteiger partial charge in [0, 0.05) is 37.5 Å². The largest absolute Gasteiger partial charge is 0.465 e. The summed E-state index contributed by atoms with van der Waals surface area (Å²) < 4.78 is 6.50. The van der Waals surface area contributed by atoms with Crippen LogP contribution in [0.5, 0.6) is 0 Å². The zero-order valence-electron chi connectivity index (χ0n) is 12.9. The van der Waals surface area contributed by atoms with Crippen LogP contribution >= 0.6 is 23.7 Å². The molecule has 3 aliphatic rings. The Bertz CT molecular complexity index is 862. The molecular formula is C15H17ClN4O3S. The number of likely N-dealkylation sites (tertiary alicyclic amines) is 1. The van der Waals surface area contributed by atoms with Gasteiger partial charge in [-0.05, 0) is 12.8 Å². The molecule has 3 fully saturated rings. The Kier molecular flexibility index (Phi) is 3.85. The zero-order chi connectivity index (χ0) is 15.6. The van der Waals surface area contributed by atoms with E-state index in [1.165, 1.54) is 15.9 Å². The highest BCUT2D eigenvalue weighted by Crippen LogP contribution is 2.41. The molecular weight excluding hydrogens is 352 g/mol. The maximum Gasteiger partial charge on any atom is 0.310 e. The highest BCUT2D eigenvalue weighted by molar-refractivity contribution is 7.16. The fourth-order valence-electron chi connectivity index (χ4n) is 3.50. The molecule has 5 rings (SSSR count). The number of hydrogen-bond acceptors (Lipinski definition) is 7. The van der Waals surface area contributed by atoms with Crippen molar-refractivity contribution in [1.82, 2.24) is 19.5 Å². The molecule has 128 valence electrons. The Morgan fingerprint density at radius 1 is 1.29 bits per heavy atom. The molecule has 2 aromatic rings. The molecule has 4 heterocycles. The first-order valence-electron chi connectivity index (χ1n) is 7.96. The molecule has 2 atom stereocenters. The van der Waals surface area contributed by atoms with Crippen LogP contribution in [0, 0.1) is 11.8 Å². The van der Waals surface area contributed by atoms with Crippen molar-refractivity contribution in [3.05, 3.63) is 27.1 Å². The van der Waals surface area contributed by atoms with Crippen LogP contribution in [0.4, 0.5) is 0 Å². The highest BCUT2D eigenvalue weighted by Gasteiger charge is 2.43. The lowest BCUT2D eigenvalue weighted by molar-refractivity contribution is -0.141. The van der Waals surface area contributed by atoms with Crippen molar-refractivity contribution < 1.29 is 9.53 Å². The topological polar surface area (TPSA) is 76.8 Å². The Morgan fingerprint density at radius 2 is 2.12 bits per heavy atom. The van der Waals surface area contributed by atoms with Gasteiger partial charge in [0.2, 0.25) is 4.96 Å². The lowest BCUT2D eigenvalue weighted by Crippen LogP contribution is -2.25. The van der Waals surface area contributed by atoms with Gasteiger partial charge in [0.05, 0.1) is 18.2 Å². The van der Waals surface area contributed by atoms with Gasteiger partial charge < -0.3 is 4.74 Å². The van der Waals surface area contributed by atoms with E-state index in [9.17, 15) is 9.59 Å². The second-order valence-corrected chi connectivity index (χ2v) is 7.67. The first-order chi connectivity index (χ1) is 11.2. The number of carbonyl (C=O) groups excluding carboxylic acids is 1. The summed E-state index contributed by atoms with van der Waals surface area (Å²) in [6, 6.07) is 1.57. The molecule has 2 saturated heterocycles. The van der Waals surface area contributed by atoms with E-state index in [0.29, 0.717) is 30.6 Å². The number of rotatable bonds is 3. The SMILES string of the molecule is Cl.O=C1OC[C@H]2CN(Cc3cc(=O)n4nc(C5CC5)sc4n3)C[C@@H]12. The number of fused-ring (bicyclic) bond motifs is 2. The van der Waals surface area contributed by atoms with E-state index >= 15 is 0 Å². The first kappa shape index (κ1) is 16.0. The van der Waals surface area contributed by atoms with E-state index in [0.717, 1.165) is 30.1 Å². The molecule has 0 radical (unpaired) electrons. The van der Waals surface area contributed by atoms with E-state index in [2.05, 4.69) is 15.0 Å². The summed E-state index contributed by atoms with van der Waals surface area (Å²) in [6.07, 6.45) is 2.32. The van der Waals surface area contributed by atoms with Crippen LogP contribution in [-0.2, 0) is 16.1 Å². The van der Waals surface area contributed by atoms with Gasteiger partial charge in [0.1, 0.15) is 5.01 Å². The number of hydrogen-bond donors (Lipinski definition) is 0. The Labute approximate surface area is 148 Å². The number of nitrogens with zero attached hydrogens (tertiary/aromatic N) is 4. The zero-order valence-corrected chi connectivity index (χ0v) is 14.5. The molecule has 0 amide bonds. The van der Waals surface area contributed by atoms with Crippen LogP contribution in [-0.4, -0.2) is 45.2 Å². The van der Waals surface area contributed by atoms with Gasteiger partial charge in [-0.2, -0.15) is 9.61 Å². The van der Waals surface area contributed by atoms with E-state index in [1.807, 2.05) is 0 Å². The van der Waals surface area contributed by atoms with Crippen LogP contribution in [0.2, 0.25) is 0 Å². The van der Waals surface area contributed by atoms with E-state index in [-0.39, 0.29) is 35.8 Å². The third-order valence-corrected chi connectivity index (χ3v) is 5.96. The quantitative estimate of drug-likeness (QED) is 0.754. The lowest BCUT2D eigenvalue weighted by atomic mass is 10.0. The summed E-state index contributed by atoms with van der Waals surface area (Å²) >= 11 is 1.52. The Morgan fingerprint density at radius 3 is 2.88 bits per heavy atom. The predicted octanol–water partition coefficient (Wildman–Crippen LogP) is 1.05. The fourth-order valence-corrected chi connectivity index (χ4v) is 4.59. The van der Waals surface area contributed by atoms with Crippen molar-refractivity contribution in [3.8, 4) is 0 Å². The molecule has 2 aliphatic heterocycles. The van der Waals surface area contributed by atoms with E-state index < -0.39 is 0 Å². The normalized spacial score (nSPS) is 26.4. The smallest absolute Gasteiger partial charge is 0.310 e. The second kappa shape index (κ2) is 5.79. The fraction of sp³-hybridized carbons (Fsp3) is 0.600. The summed E-state index contributed by atoms with van der Waals surface area (Å²) in [5, 5.41) is 5.41. The van der Waals surface area contributed by atoms with Crippen molar-refractivity contribution in [1.29, 1.82) is 0 Å². The van der Waals surface area contributed by atoms with Crippen molar-refractivity contribution in [2.75, 3.05) is 19.7 Å².